The number of carbonyl (C=O) groups is 1. The molecule has 2 unspecified atom stereocenters. The fourth-order valence-corrected chi connectivity index (χ4v) is 2.29. The summed E-state index contributed by atoms with van der Waals surface area (Å²) in [5.74, 6) is 1.16. The zero-order valence-electron chi connectivity index (χ0n) is 11.5. The van der Waals surface area contributed by atoms with E-state index in [9.17, 15) is 4.79 Å². The Bertz CT molecular complexity index is 498. The minimum absolute atomic E-state index is 0.0569. The maximum Gasteiger partial charge on any atom is 0.405 e. The van der Waals surface area contributed by atoms with Crippen molar-refractivity contribution in [1.29, 1.82) is 0 Å². The Morgan fingerprint density at radius 1 is 1.45 bits per heavy atom. The number of benzene rings is 1. The number of hydrogen-bond donors (Lipinski definition) is 2. The molecule has 6 heteroatoms. The quantitative estimate of drug-likeness (QED) is 0.881. The molecule has 1 heterocycles. The maximum absolute atomic E-state index is 10.9. The summed E-state index contributed by atoms with van der Waals surface area (Å²) in [4.78, 5) is 15.2. The van der Waals surface area contributed by atoms with Gasteiger partial charge < -0.3 is 19.9 Å². The van der Waals surface area contributed by atoms with Gasteiger partial charge in [0.05, 0.1) is 20.3 Å². The van der Waals surface area contributed by atoms with Crippen molar-refractivity contribution >= 4 is 12.0 Å². The van der Waals surface area contributed by atoms with Gasteiger partial charge in [0, 0.05) is 5.92 Å². The second-order valence-electron chi connectivity index (χ2n) is 4.42. The van der Waals surface area contributed by atoms with E-state index in [1.165, 1.54) is 0 Å². The van der Waals surface area contributed by atoms with Crippen LogP contribution in [0, 0.1) is 0 Å². The summed E-state index contributed by atoms with van der Waals surface area (Å²) >= 11 is 0. The van der Waals surface area contributed by atoms with Crippen LogP contribution in [0.4, 0.5) is 4.79 Å². The third kappa shape index (κ3) is 3.01. The van der Waals surface area contributed by atoms with Crippen molar-refractivity contribution in [1.82, 2.24) is 5.32 Å². The summed E-state index contributed by atoms with van der Waals surface area (Å²) in [6.07, 6.45) is -1.08. The van der Waals surface area contributed by atoms with Gasteiger partial charge in [-0.25, -0.2) is 4.79 Å². The Morgan fingerprint density at radius 3 is 2.70 bits per heavy atom. The van der Waals surface area contributed by atoms with Crippen molar-refractivity contribution in [2.24, 2.45) is 4.99 Å². The highest BCUT2D eigenvalue weighted by atomic mass is 16.5. The van der Waals surface area contributed by atoms with Crippen LogP contribution < -0.4 is 10.1 Å². The number of nitrogens with zero attached hydrogens (tertiary/aromatic N) is 1. The zero-order valence-corrected chi connectivity index (χ0v) is 11.5. The number of ether oxygens (including phenoxy) is 2. The van der Waals surface area contributed by atoms with Crippen molar-refractivity contribution in [2.45, 2.75) is 18.9 Å². The third-order valence-electron chi connectivity index (χ3n) is 3.23. The smallest absolute Gasteiger partial charge is 0.405 e. The van der Waals surface area contributed by atoms with E-state index in [1.807, 2.05) is 31.2 Å². The largest absolute Gasteiger partial charge is 0.497 e. The number of methoxy groups -OCH3 is 1. The van der Waals surface area contributed by atoms with E-state index in [0.29, 0.717) is 19.0 Å². The van der Waals surface area contributed by atoms with Gasteiger partial charge >= 0.3 is 6.09 Å². The van der Waals surface area contributed by atoms with E-state index in [4.69, 9.17) is 14.6 Å². The van der Waals surface area contributed by atoms with E-state index < -0.39 is 12.1 Å². The average Bonchev–Trinajstić information content (AvgIpc) is 2.82. The molecule has 20 heavy (non-hydrogen) atoms. The van der Waals surface area contributed by atoms with Crippen LogP contribution in [0.1, 0.15) is 18.4 Å². The summed E-state index contributed by atoms with van der Waals surface area (Å²) in [5, 5.41) is 11.4. The van der Waals surface area contributed by atoms with Gasteiger partial charge in [0.1, 0.15) is 11.8 Å². The molecule has 2 rings (SSSR count). The average molecular weight is 278 g/mol. The lowest BCUT2D eigenvalue weighted by atomic mass is 9.93. The molecule has 0 fully saturated rings. The van der Waals surface area contributed by atoms with Crippen LogP contribution in [0.3, 0.4) is 0 Å². The van der Waals surface area contributed by atoms with E-state index in [0.717, 1.165) is 11.3 Å². The lowest BCUT2D eigenvalue weighted by molar-refractivity contribution is 0.189. The minimum atomic E-state index is -1.08. The molecule has 0 aliphatic carbocycles. The number of rotatable bonds is 4. The second-order valence-corrected chi connectivity index (χ2v) is 4.42. The van der Waals surface area contributed by atoms with Gasteiger partial charge in [0.25, 0.3) is 0 Å². The van der Waals surface area contributed by atoms with Gasteiger partial charge in [0.15, 0.2) is 0 Å². The van der Waals surface area contributed by atoms with Gasteiger partial charge in [-0.15, -0.1) is 0 Å². The predicted molar refractivity (Wildman–Crippen MR) is 74.6 cm³/mol. The van der Waals surface area contributed by atoms with Crippen LogP contribution in [-0.4, -0.2) is 43.4 Å². The minimum Gasteiger partial charge on any atom is -0.497 e. The predicted octanol–water partition coefficient (Wildman–Crippen LogP) is 1.86. The molecule has 6 nitrogen and oxygen atoms in total. The van der Waals surface area contributed by atoms with Gasteiger partial charge in [-0.05, 0) is 24.6 Å². The molecule has 2 atom stereocenters. The highest BCUT2D eigenvalue weighted by Crippen LogP contribution is 2.28. The summed E-state index contributed by atoms with van der Waals surface area (Å²) in [5.41, 5.74) is 1.00. The first-order valence-electron chi connectivity index (χ1n) is 6.46. The Balaban J connectivity index is 2.19. The number of carboxylic acid groups (broad SMARTS) is 1. The molecule has 0 radical (unpaired) electrons. The van der Waals surface area contributed by atoms with Crippen LogP contribution >= 0.6 is 0 Å². The van der Waals surface area contributed by atoms with Crippen molar-refractivity contribution < 1.29 is 19.4 Å². The molecular weight excluding hydrogens is 260 g/mol. The molecule has 1 aliphatic rings. The fraction of sp³-hybridized carbons (Fsp3) is 0.429. The highest BCUT2D eigenvalue weighted by molar-refractivity contribution is 5.88. The van der Waals surface area contributed by atoms with E-state index >= 15 is 0 Å². The molecule has 1 aromatic carbocycles. The van der Waals surface area contributed by atoms with Crippen molar-refractivity contribution in [3.63, 3.8) is 0 Å². The fourth-order valence-electron chi connectivity index (χ4n) is 2.29. The van der Waals surface area contributed by atoms with Gasteiger partial charge in [-0.3, -0.25) is 4.99 Å². The number of hydrogen-bond acceptors (Lipinski definition) is 4. The van der Waals surface area contributed by atoms with Crippen LogP contribution in [0.2, 0.25) is 0 Å². The van der Waals surface area contributed by atoms with E-state index in [-0.39, 0.29) is 5.92 Å². The Labute approximate surface area is 117 Å². The Morgan fingerprint density at radius 2 is 2.15 bits per heavy atom. The molecule has 1 aliphatic heterocycles. The molecule has 0 spiro atoms. The van der Waals surface area contributed by atoms with Gasteiger partial charge in [-0.1, -0.05) is 12.1 Å². The number of aliphatic imine (C=N–C) groups is 1. The highest BCUT2D eigenvalue weighted by Gasteiger charge is 2.35. The van der Waals surface area contributed by atoms with Gasteiger partial charge in [0.2, 0.25) is 5.90 Å². The van der Waals surface area contributed by atoms with Crippen molar-refractivity contribution in [2.75, 3.05) is 20.3 Å². The SMILES string of the molecule is CCOC1=NCC(c2ccc(OC)cc2)C1NC(=O)O. The molecule has 2 N–H and O–H groups in total. The normalized spacial score (nSPS) is 21.2. The van der Waals surface area contributed by atoms with Crippen LogP contribution in [0.5, 0.6) is 5.75 Å². The second kappa shape index (κ2) is 6.27. The summed E-state index contributed by atoms with van der Waals surface area (Å²) in [6, 6.07) is 7.10. The Hall–Kier alpha value is -2.24. The molecule has 1 aromatic rings. The number of nitrogens with one attached hydrogen (secondary N) is 1. The molecule has 0 bridgehead atoms. The molecule has 1 amide bonds. The van der Waals surface area contributed by atoms with Crippen LogP contribution in [-0.2, 0) is 4.74 Å². The summed E-state index contributed by atoms with van der Waals surface area (Å²) in [7, 11) is 1.61. The number of amides is 1. The third-order valence-corrected chi connectivity index (χ3v) is 3.23. The van der Waals surface area contributed by atoms with Gasteiger partial charge in [-0.2, -0.15) is 0 Å². The lowest BCUT2D eigenvalue weighted by Crippen LogP contribution is -2.42. The summed E-state index contributed by atoms with van der Waals surface area (Å²) in [6.45, 7) is 2.82. The molecular formula is C14H18N2O4. The maximum atomic E-state index is 10.9. The van der Waals surface area contributed by atoms with Crippen molar-refractivity contribution in [3.05, 3.63) is 29.8 Å². The Kier molecular flexibility index (Phi) is 4.45. The monoisotopic (exact) mass is 278 g/mol. The first-order chi connectivity index (χ1) is 9.65. The van der Waals surface area contributed by atoms with E-state index in [2.05, 4.69) is 10.3 Å². The lowest BCUT2D eigenvalue weighted by Gasteiger charge is -2.21. The molecule has 0 saturated carbocycles. The standard InChI is InChI=1S/C14H18N2O4/c1-3-20-13-12(16-14(17)18)11(8-15-13)9-4-6-10(19-2)7-5-9/h4-7,11-12,16H,3,8H2,1-2H3,(H,17,18). The molecule has 0 saturated heterocycles. The summed E-state index contributed by atoms with van der Waals surface area (Å²) < 4.78 is 10.5. The first-order valence-corrected chi connectivity index (χ1v) is 6.46. The van der Waals surface area contributed by atoms with E-state index in [1.54, 1.807) is 7.11 Å². The first kappa shape index (κ1) is 14.2. The topological polar surface area (TPSA) is 80.2 Å². The molecule has 0 aromatic heterocycles. The van der Waals surface area contributed by atoms with Crippen LogP contribution in [0.25, 0.3) is 0 Å². The van der Waals surface area contributed by atoms with Crippen molar-refractivity contribution in [3.8, 4) is 5.75 Å². The zero-order chi connectivity index (χ0) is 14.5. The molecule has 108 valence electrons. The van der Waals surface area contributed by atoms with Crippen LogP contribution in [0.15, 0.2) is 29.3 Å².